The summed E-state index contributed by atoms with van der Waals surface area (Å²) in [7, 11) is -4.26. The van der Waals surface area contributed by atoms with Crippen molar-refractivity contribution in [3.63, 3.8) is 0 Å². The van der Waals surface area contributed by atoms with Gasteiger partial charge in [0.2, 0.25) is 10.0 Å². The second kappa shape index (κ2) is 7.59. The molecule has 2 N–H and O–H groups in total. The lowest BCUT2D eigenvalue weighted by Gasteiger charge is -2.13. The number of carboxylic acids is 1. The van der Waals surface area contributed by atoms with E-state index < -0.39 is 32.6 Å². The zero-order valence-electron chi connectivity index (χ0n) is 11.6. The molecule has 0 bridgehead atoms. The first-order chi connectivity index (χ1) is 10.1. The van der Waals surface area contributed by atoms with Crippen LogP contribution in [0.2, 0.25) is 0 Å². The predicted octanol–water partition coefficient (Wildman–Crippen LogP) is 2.63. The monoisotopic (exact) mass is 339 g/mol. The lowest BCUT2D eigenvalue weighted by Crippen LogP contribution is -2.27. The van der Waals surface area contributed by atoms with Gasteiger partial charge in [0.25, 0.3) is 0 Å². The molecule has 0 aliphatic rings. The first kappa shape index (κ1) is 18.4. The smallest absolute Gasteiger partial charge is 0.417 e. The molecule has 1 aromatic carbocycles. The topological polar surface area (TPSA) is 83.5 Å². The van der Waals surface area contributed by atoms with Gasteiger partial charge in [0.05, 0.1) is 10.5 Å². The molecule has 0 spiro atoms. The van der Waals surface area contributed by atoms with Gasteiger partial charge in [-0.15, -0.1) is 0 Å². The van der Waals surface area contributed by atoms with E-state index in [1.807, 2.05) is 0 Å². The highest BCUT2D eigenvalue weighted by Gasteiger charge is 2.36. The number of rotatable bonds is 8. The summed E-state index contributed by atoms with van der Waals surface area (Å²) in [6.45, 7) is -0.0475. The van der Waals surface area contributed by atoms with Gasteiger partial charge in [0.1, 0.15) is 0 Å². The molecule has 0 atom stereocenters. The molecule has 0 fully saturated rings. The summed E-state index contributed by atoms with van der Waals surface area (Å²) >= 11 is 0. The van der Waals surface area contributed by atoms with Crippen molar-refractivity contribution in [1.29, 1.82) is 0 Å². The van der Waals surface area contributed by atoms with Crippen molar-refractivity contribution >= 4 is 16.0 Å². The van der Waals surface area contributed by atoms with Crippen molar-refractivity contribution in [3.05, 3.63) is 29.8 Å². The Morgan fingerprint density at radius 2 is 1.77 bits per heavy atom. The SMILES string of the molecule is O=C(O)CCCCCNS(=O)(=O)c1ccccc1C(F)(F)F. The molecule has 124 valence electrons. The fourth-order valence-corrected chi connectivity index (χ4v) is 3.10. The Hall–Kier alpha value is -1.61. The summed E-state index contributed by atoms with van der Waals surface area (Å²) in [6.07, 6.45) is -3.58. The van der Waals surface area contributed by atoms with Gasteiger partial charge < -0.3 is 5.11 Å². The van der Waals surface area contributed by atoms with Gasteiger partial charge >= 0.3 is 12.1 Å². The second-order valence-electron chi connectivity index (χ2n) is 4.60. The largest absolute Gasteiger partial charge is 0.481 e. The highest BCUT2D eigenvalue weighted by Crippen LogP contribution is 2.33. The minimum atomic E-state index is -4.76. The summed E-state index contributed by atoms with van der Waals surface area (Å²) in [6, 6.07) is 3.95. The Bertz CT molecular complexity index is 614. The van der Waals surface area contributed by atoms with E-state index in [0.717, 1.165) is 12.1 Å². The van der Waals surface area contributed by atoms with Crippen LogP contribution < -0.4 is 4.72 Å². The van der Waals surface area contributed by atoms with E-state index >= 15 is 0 Å². The van der Waals surface area contributed by atoms with Gasteiger partial charge in [-0.1, -0.05) is 18.6 Å². The molecule has 5 nitrogen and oxygen atoms in total. The Morgan fingerprint density at radius 3 is 2.36 bits per heavy atom. The van der Waals surface area contributed by atoms with Crippen molar-refractivity contribution in [2.24, 2.45) is 0 Å². The quantitative estimate of drug-likeness (QED) is 0.713. The van der Waals surface area contributed by atoms with Crippen LogP contribution in [-0.2, 0) is 21.0 Å². The van der Waals surface area contributed by atoms with Crippen LogP contribution >= 0.6 is 0 Å². The van der Waals surface area contributed by atoms with E-state index in [1.165, 1.54) is 6.07 Å². The molecular weight excluding hydrogens is 323 g/mol. The van der Waals surface area contributed by atoms with Crippen LogP contribution in [0.5, 0.6) is 0 Å². The van der Waals surface area contributed by atoms with Crippen molar-refractivity contribution in [3.8, 4) is 0 Å². The van der Waals surface area contributed by atoms with Crippen LogP contribution in [0.4, 0.5) is 13.2 Å². The maximum Gasteiger partial charge on any atom is 0.417 e. The number of nitrogens with one attached hydrogen (secondary N) is 1. The van der Waals surface area contributed by atoms with E-state index in [4.69, 9.17) is 5.11 Å². The molecule has 0 radical (unpaired) electrons. The number of benzene rings is 1. The molecule has 0 aliphatic heterocycles. The van der Waals surface area contributed by atoms with Gasteiger partial charge in [-0.3, -0.25) is 4.79 Å². The number of carboxylic acid groups (broad SMARTS) is 1. The summed E-state index contributed by atoms with van der Waals surface area (Å²) in [5.41, 5.74) is -1.21. The van der Waals surface area contributed by atoms with E-state index in [1.54, 1.807) is 0 Å². The number of sulfonamides is 1. The number of unbranched alkanes of at least 4 members (excludes halogenated alkanes) is 2. The van der Waals surface area contributed by atoms with Crippen LogP contribution in [-0.4, -0.2) is 26.0 Å². The molecule has 22 heavy (non-hydrogen) atoms. The molecule has 0 heterocycles. The number of hydrogen-bond acceptors (Lipinski definition) is 3. The van der Waals surface area contributed by atoms with Crippen LogP contribution in [0.15, 0.2) is 29.2 Å². The van der Waals surface area contributed by atoms with Crippen molar-refractivity contribution in [2.45, 2.75) is 36.8 Å². The van der Waals surface area contributed by atoms with Crippen LogP contribution in [0.1, 0.15) is 31.2 Å². The lowest BCUT2D eigenvalue weighted by atomic mass is 10.2. The highest BCUT2D eigenvalue weighted by molar-refractivity contribution is 7.89. The summed E-state index contributed by atoms with van der Waals surface area (Å²) in [5, 5.41) is 8.44. The molecule has 0 saturated heterocycles. The van der Waals surface area contributed by atoms with E-state index in [2.05, 4.69) is 4.72 Å². The van der Waals surface area contributed by atoms with Gasteiger partial charge in [0.15, 0.2) is 0 Å². The maximum absolute atomic E-state index is 12.8. The molecule has 0 unspecified atom stereocenters. The van der Waals surface area contributed by atoms with Crippen LogP contribution in [0.3, 0.4) is 0 Å². The first-order valence-electron chi connectivity index (χ1n) is 6.52. The minimum absolute atomic E-state index is 0.0241. The molecule has 0 amide bonds. The van der Waals surface area contributed by atoms with Crippen LogP contribution in [0.25, 0.3) is 0 Å². The van der Waals surface area contributed by atoms with Crippen molar-refractivity contribution in [2.75, 3.05) is 6.54 Å². The highest BCUT2D eigenvalue weighted by atomic mass is 32.2. The Balaban J connectivity index is 2.66. The van der Waals surface area contributed by atoms with Gasteiger partial charge in [-0.25, -0.2) is 13.1 Å². The standard InChI is InChI=1S/C13H16F3NO4S/c14-13(15,16)10-6-3-4-7-11(10)22(20,21)17-9-5-1-2-8-12(18)19/h3-4,6-7,17H,1-2,5,8-9H2,(H,18,19). The molecule has 0 aliphatic carbocycles. The number of aliphatic carboxylic acids is 1. The number of hydrogen-bond donors (Lipinski definition) is 2. The first-order valence-corrected chi connectivity index (χ1v) is 8.00. The third-order valence-corrected chi connectivity index (χ3v) is 4.36. The van der Waals surface area contributed by atoms with Gasteiger partial charge in [-0.05, 0) is 25.0 Å². The fraction of sp³-hybridized carbons (Fsp3) is 0.462. The maximum atomic E-state index is 12.8. The summed E-state index contributed by atoms with van der Waals surface area (Å²) in [5.74, 6) is -0.945. The third kappa shape index (κ3) is 5.64. The fourth-order valence-electron chi connectivity index (χ4n) is 1.80. The average molecular weight is 339 g/mol. The number of alkyl halides is 3. The average Bonchev–Trinajstić information content (AvgIpc) is 2.41. The van der Waals surface area contributed by atoms with Gasteiger partial charge in [-0.2, -0.15) is 13.2 Å². The van der Waals surface area contributed by atoms with Crippen molar-refractivity contribution < 1.29 is 31.5 Å². The number of halogens is 3. The third-order valence-electron chi connectivity index (χ3n) is 2.84. The Morgan fingerprint density at radius 1 is 1.14 bits per heavy atom. The Kier molecular flexibility index (Phi) is 6.36. The van der Waals surface area contributed by atoms with E-state index in [-0.39, 0.29) is 13.0 Å². The molecule has 0 aromatic heterocycles. The van der Waals surface area contributed by atoms with E-state index in [9.17, 15) is 26.4 Å². The molecular formula is C13H16F3NO4S. The second-order valence-corrected chi connectivity index (χ2v) is 6.33. The zero-order chi connectivity index (χ0) is 16.8. The van der Waals surface area contributed by atoms with E-state index in [0.29, 0.717) is 25.3 Å². The molecule has 1 aromatic rings. The van der Waals surface area contributed by atoms with Crippen molar-refractivity contribution in [1.82, 2.24) is 4.72 Å². The van der Waals surface area contributed by atoms with Crippen LogP contribution in [0, 0.1) is 0 Å². The zero-order valence-corrected chi connectivity index (χ0v) is 12.4. The molecule has 1 rings (SSSR count). The molecule has 0 saturated carbocycles. The Labute approximate surface area is 126 Å². The normalized spacial score (nSPS) is 12.3. The molecule has 9 heteroatoms. The minimum Gasteiger partial charge on any atom is -0.481 e. The van der Waals surface area contributed by atoms with Gasteiger partial charge in [0, 0.05) is 13.0 Å². The summed E-state index contributed by atoms with van der Waals surface area (Å²) in [4.78, 5) is 9.48. The predicted molar refractivity (Wildman–Crippen MR) is 72.7 cm³/mol. The summed E-state index contributed by atoms with van der Waals surface area (Å²) < 4.78 is 64.4. The lowest BCUT2D eigenvalue weighted by molar-refractivity contribution is -0.140. The number of carbonyl (C=O) groups is 1.